The van der Waals surface area contributed by atoms with Crippen LogP contribution in [0.1, 0.15) is 38.5 Å². The first kappa shape index (κ1) is 15.5. The number of hydrogen-bond donors (Lipinski definition) is 1. The van der Waals surface area contributed by atoms with E-state index in [9.17, 15) is 0 Å². The lowest BCUT2D eigenvalue weighted by Crippen LogP contribution is -2.54. The number of guanidine groups is 1. The maximum atomic E-state index is 4.53. The fourth-order valence-corrected chi connectivity index (χ4v) is 5.36. The summed E-state index contributed by atoms with van der Waals surface area (Å²) in [5.41, 5.74) is 0. The van der Waals surface area contributed by atoms with Crippen LogP contribution in [0.4, 0.5) is 0 Å². The topological polar surface area (TPSA) is 30.9 Å². The van der Waals surface area contributed by atoms with Crippen molar-refractivity contribution in [2.45, 2.75) is 43.3 Å². The van der Waals surface area contributed by atoms with Crippen molar-refractivity contribution in [1.82, 2.24) is 15.1 Å². The van der Waals surface area contributed by atoms with Gasteiger partial charge in [0.15, 0.2) is 5.96 Å². The van der Waals surface area contributed by atoms with Crippen LogP contribution < -0.4 is 5.32 Å². The first-order chi connectivity index (χ1) is 10.3. The third kappa shape index (κ3) is 3.86. The number of nitrogens with one attached hydrogen (secondary N) is 1. The number of nitrogens with zero attached hydrogens (tertiary/aromatic N) is 3. The van der Waals surface area contributed by atoms with E-state index < -0.39 is 0 Å². The summed E-state index contributed by atoms with van der Waals surface area (Å²) < 4.78 is 0.519. The summed E-state index contributed by atoms with van der Waals surface area (Å²) >= 11 is 2.23. The van der Waals surface area contributed by atoms with E-state index in [2.05, 4.69) is 31.9 Å². The summed E-state index contributed by atoms with van der Waals surface area (Å²) in [5.74, 6) is 2.38. The van der Waals surface area contributed by atoms with Crippen LogP contribution in [0.5, 0.6) is 0 Å². The zero-order chi connectivity index (χ0) is 14.5. The third-order valence-electron chi connectivity index (χ3n) is 5.18. The van der Waals surface area contributed by atoms with E-state index in [-0.39, 0.29) is 0 Å². The molecule has 0 unspecified atom stereocenters. The van der Waals surface area contributed by atoms with Gasteiger partial charge >= 0.3 is 0 Å². The highest BCUT2D eigenvalue weighted by atomic mass is 32.2. The lowest BCUT2D eigenvalue weighted by Gasteiger charge is -2.45. The Morgan fingerprint density at radius 3 is 2.62 bits per heavy atom. The second-order valence-electron chi connectivity index (χ2n) is 6.68. The zero-order valence-electron chi connectivity index (χ0n) is 13.4. The molecule has 120 valence electrons. The van der Waals surface area contributed by atoms with E-state index in [1.54, 1.807) is 0 Å². The quantitative estimate of drug-likeness (QED) is 0.638. The highest BCUT2D eigenvalue weighted by molar-refractivity contribution is 8.00. The van der Waals surface area contributed by atoms with E-state index >= 15 is 0 Å². The van der Waals surface area contributed by atoms with Gasteiger partial charge in [0, 0.05) is 43.7 Å². The number of rotatable bonds is 3. The minimum atomic E-state index is 0.519. The van der Waals surface area contributed by atoms with Crippen LogP contribution in [-0.4, -0.2) is 72.6 Å². The molecule has 3 rings (SSSR count). The minimum Gasteiger partial charge on any atom is -0.355 e. The normalized spacial score (nSPS) is 26.7. The van der Waals surface area contributed by atoms with E-state index in [1.165, 1.54) is 63.9 Å². The molecule has 5 heteroatoms. The third-order valence-corrected chi connectivity index (χ3v) is 6.72. The van der Waals surface area contributed by atoms with Crippen LogP contribution in [0.15, 0.2) is 4.99 Å². The molecular formula is C16H30N4S. The molecule has 2 aliphatic heterocycles. The molecule has 4 nitrogen and oxygen atoms in total. The summed E-state index contributed by atoms with van der Waals surface area (Å²) in [5, 5.41) is 3.59. The SMILES string of the molecule is CN=C(NCCN1CCC1)N1CCSC2(CCCCC2)C1. The Labute approximate surface area is 133 Å². The maximum Gasteiger partial charge on any atom is 0.193 e. The van der Waals surface area contributed by atoms with Gasteiger partial charge in [-0.05, 0) is 32.4 Å². The average molecular weight is 311 g/mol. The lowest BCUT2D eigenvalue weighted by molar-refractivity contribution is 0.184. The Hall–Kier alpha value is -0.420. The predicted molar refractivity (Wildman–Crippen MR) is 92.3 cm³/mol. The van der Waals surface area contributed by atoms with Crippen molar-refractivity contribution in [1.29, 1.82) is 0 Å². The summed E-state index contributed by atoms with van der Waals surface area (Å²) in [6.07, 6.45) is 8.45. The van der Waals surface area contributed by atoms with Gasteiger partial charge in [0.1, 0.15) is 0 Å². The fourth-order valence-electron chi connectivity index (χ4n) is 3.79. The maximum absolute atomic E-state index is 4.53. The molecule has 3 aliphatic rings. The molecule has 0 amide bonds. The Bertz CT molecular complexity index is 356. The summed E-state index contributed by atoms with van der Waals surface area (Å²) in [7, 11) is 1.93. The highest BCUT2D eigenvalue weighted by Gasteiger charge is 2.38. The van der Waals surface area contributed by atoms with Crippen LogP contribution in [0.25, 0.3) is 0 Å². The standard InChI is InChI=1S/C16H30N4S/c1-17-15(18-8-11-19-9-5-10-19)20-12-13-21-16(14-20)6-3-2-4-7-16/h2-14H2,1H3,(H,17,18). The molecule has 21 heavy (non-hydrogen) atoms. The predicted octanol–water partition coefficient (Wildman–Crippen LogP) is 2.02. The van der Waals surface area contributed by atoms with Gasteiger partial charge in [0.05, 0.1) is 0 Å². The van der Waals surface area contributed by atoms with Gasteiger partial charge in [-0.15, -0.1) is 0 Å². The van der Waals surface area contributed by atoms with Gasteiger partial charge < -0.3 is 15.1 Å². The van der Waals surface area contributed by atoms with Crippen LogP contribution in [0, 0.1) is 0 Å². The molecule has 0 aromatic carbocycles. The molecule has 1 N–H and O–H groups in total. The van der Waals surface area contributed by atoms with Crippen molar-refractivity contribution >= 4 is 17.7 Å². The van der Waals surface area contributed by atoms with Gasteiger partial charge in [-0.1, -0.05) is 19.3 Å². The molecule has 2 heterocycles. The van der Waals surface area contributed by atoms with Gasteiger partial charge in [0.25, 0.3) is 0 Å². The Kier molecular flexibility index (Phi) is 5.33. The monoisotopic (exact) mass is 310 g/mol. The van der Waals surface area contributed by atoms with Crippen molar-refractivity contribution < 1.29 is 0 Å². The smallest absolute Gasteiger partial charge is 0.193 e. The van der Waals surface area contributed by atoms with Crippen LogP contribution in [-0.2, 0) is 0 Å². The molecule has 0 aromatic heterocycles. The van der Waals surface area contributed by atoms with Gasteiger partial charge in [-0.2, -0.15) is 11.8 Å². The van der Waals surface area contributed by atoms with Gasteiger partial charge in [-0.25, -0.2) is 0 Å². The van der Waals surface area contributed by atoms with Crippen LogP contribution in [0.2, 0.25) is 0 Å². The fraction of sp³-hybridized carbons (Fsp3) is 0.938. The Morgan fingerprint density at radius 1 is 1.14 bits per heavy atom. The molecule has 2 saturated heterocycles. The molecule has 0 atom stereocenters. The van der Waals surface area contributed by atoms with Crippen LogP contribution in [0.3, 0.4) is 0 Å². The molecule has 1 saturated carbocycles. The van der Waals surface area contributed by atoms with E-state index in [0.717, 1.165) is 25.6 Å². The first-order valence-electron chi connectivity index (χ1n) is 8.63. The number of hydrogen-bond acceptors (Lipinski definition) is 3. The summed E-state index contributed by atoms with van der Waals surface area (Å²) in [4.78, 5) is 9.55. The van der Waals surface area contributed by atoms with E-state index in [0.29, 0.717) is 4.75 Å². The molecule has 0 aromatic rings. The molecule has 0 bridgehead atoms. The van der Waals surface area contributed by atoms with E-state index in [4.69, 9.17) is 0 Å². The number of aliphatic imine (C=N–C) groups is 1. The Morgan fingerprint density at radius 2 is 1.95 bits per heavy atom. The summed E-state index contributed by atoms with van der Waals surface area (Å²) in [6.45, 7) is 7.10. The zero-order valence-corrected chi connectivity index (χ0v) is 14.3. The summed E-state index contributed by atoms with van der Waals surface area (Å²) in [6, 6.07) is 0. The van der Waals surface area contributed by atoms with Crippen molar-refractivity contribution in [3.05, 3.63) is 0 Å². The molecule has 1 spiro atoms. The lowest BCUT2D eigenvalue weighted by atomic mass is 9.87. The van der Waals surface area contributed by atoms with Crippen molar-refractivity contribution in [3.8, 4) is 0 Å². The number of thioether (sulfide) groups is 1. The molecule has 0 radical (unpaired) electrons. The largest absolute Gasteiger partial charge is 0.355 e. The van der Waals surface area contributed by atoms with Crippen LogP contribution >= 0.6 is 11.8 Å². The molecular weight excluding hydrogens is 280 g/mol. The first-order valence-corrected chi connectivity index (χ1v) is 9.62. The van der Waals surface area contributed by atoms with Crippen molar-refractivity contribution in [3.63, 3.8) is 0 Å². The molecule has 3 fully saturated rings. The molecule has 1 aliphatic carbocycles. The second-order valence-corrected chi connectivity index (χ2v) is 8.25. The number of likely N-dealkylation sites (tertiary alicyclic amines) is 1. The van der Waals surface area contributed by atoms with Gasteiger partial charge in [-0.3, -0.25) is 4.99 Å². The minimum absolute atomic E-state index is 0.519. The van der Waals surface area contributed by atoms with E-state index in [1.807, 2.05) is 7.05 Å². The van der Waals surface area contributed by atoms with Crippen molar-refractivity contribution in [2.24, 2.45) is 4.99 Å². The van der Waals surface area contributed by atoms with Gasteiger partial charge in [0.2, 0.25) is 0 Å². The highest BCUT2D eigenvalue weighted by Crippen LogP contribution is 2.42. The Balaban J connectivity index is 1.50. The average Bonchev–Trinajstić information content (AvgIpc) is 2.46. The van der Waals surface area contributed by atoms with Crippen molar-refractivity contribution in [2.75, 3.05) is 52.1 Å². The second kappa shape index (κ2) is 7.23.